The highest BCUT2D eigenvalue weighted by atomic mass is 16.4. The van der Waals surface area contributed by atoms with Crippen molar-refractivity contribution in [3.8, 4) is 0 Å². The molecule has 1 aromatic heterocycles. The van der Waals surface area contributed by atoms with Crippen LogP contribution < -0.4 is 5.32 Å². The lowest BCUT2D eigenvalue weighted by Crippen LogP contribution is -2.44. The zero-order valence-corrected chi connectivity index (χ0v) is 9.67. The van der Waals surface area contributed by atoms with E-state index in [1.54, 1.807) is 13.8 Å². The number of hydrogen-bond acceptors (Lipinski definition) is 4. The van der Waals surface area contributed by atoms with Crippen LogP contribution in [0.2, 0.25) is 0 Å². The molecule has 1 unspecified atom stereocenters. The maximum atomic E-state index is 11.5. The van der Waals surface area contributed by atoms with Crippen LogP contribution >= 0.6 is 0 Å². The minimum absolute atomic E-state index is 0.0660. The molecule has 0 aliphatic heterocycles. The lowest BCUT2D eigenvalue weighted by molar-refractivity contribution is -0.143. The highest BCUT2D eigenvalue weighted by Crippen LogP contribution is 2.01. The van der Waals surface area contributed by atoms with Crippen LogP contribution in [0.1, 0.15) is 11.4 Å². The minimum Gasteiger partial charge on any atom is -0.480 e. The van der Waals surface area contributed by atoms with Gasteiger partial charge in [0.25, 0.3) is 0 Å². The Labute approximate surface area is 98.1 Å². The first-order valence-corrected chi connectivity index (χ1v) is 5.08. The van der Waals surface area contributed by atoms with Gasteiger partial charge in [-0.1, -0.05) is 0 Å². The Morgan fingerprint density at radius 3 is 2.59 bits per heavy atom. The molecule has 94 valence electrons. The first-order valence-electron chi connectivity index (χ1n) is 5.08. The summed E-state index contributed by atoms with van der Waals surface area (Å²) in [5.74, 6) is -1.77. The molecule has 17 heavy (non-hydrogen) atoms. The number of carbonyl (C=O) groups excluding carboxylic acids is 1. The monoisotopic (exact) mass is 241 g/mol. The molecule has 0 spiro atoms. The molecule has 0 aliphatic rings. The third kappa shape index (κ3) is 3.56. The Hall–Kier alpha value is -1.89. The second kappa shape index (κ2) is 5.44. The van der Waals surface area contributed by atoms with E-state index in [-0.39, 0.29) is 6.54 Å². The third-order valence-corrected chi connectivity index (χ3v) is 2.21. The molecule has 1 aromatic rings. The standard InChI is InChI=1S/C10H15N3O4/c1-6-3-7(2)13(12-6)4-9(15)11-8(5-14)10(16)17/h3,8,14H,4-5H2,1-2H3,(H,11,15)(H,16,17). The summed E-state index contributed by atoms with van der Waals surface area (Å²) >= 11 is 0. The molecule has 7 nitrogen and oxygen atoms in total. The average Bonchev–Trinajstić information content (AvgIpc) is 2.53. The van der Waals surface area contributed by atoms with Gasteiger partial charge in [-0.25, -0.2) is 4.79 Å². The van der Waals surface area contributed by atoms with E-state index < -0.39 is 24.5 Å². The molecule has 0 saturated carbocycles. The highest BCUT2D eigenvalue weighted by Gasteiger charge is 2.19. The zero-order valence-electron chi connectivity index (χ0n) is 9.67. The molecule has 0 saturated heterocycles. The van der Waals surface area contributed by atoms with Crippen LogP contribution in [0.4, 0.5) is 0 Å². The van der Waals surface area contributed by atoms with Crippen LogP contribution in [0, 0.1) is 13.8 Å². The number of aliphatic carboxylic acids is 1. The summed E-state index contributed by atoms with van der Waals surface area (Å²) in [6, 6.07) is 0.535. The number of hydrogen-bond donors (Lipinski definition) is 3. The van der Waals surface area contributed by atoms with Crippen LogP contribution in [-0.4, -0.2) is 44.5 Å². The van der Waals surface area contributed by atoms with Crippen molar-refractivity contribution in [2.24, 2.45) is 0 Å². The van der Waals surface area contributed by atoms with E-state index in [9.17, 15) is 9.59 Å². The van der Waals surface area contributed by atoms with Gasteiger partial charge in [-0.05, 0) is 19.9 Å². The smallest absolute Gasteiger partial charge is 0.328 e. The van der Waals surface area contributed by atoms with Gasteiger partial charge < -0.3 is 15.5 Å². The summed E-state index contributed by atoms with van der Waals surface area (Å²) in [4.78, 5) is 22.1. The lowest BCUT2D eigenvalue weighted by Gasteiger charge is -2.12. The van der Waals surface area contributed by atoms with Gasteiger partial charge in [0, 0.05) is 5.69 Å². The van der Waals surface area contributed by atoms with Gasteiger partial charge in [-0.2, -0.15) is 5.10 Å². The average molecular weight is 241 g/mol. The molecular formula is C10H15N3O4. The third-order valence-electron chi connectivity index (χ3n) is 2.21. The number of aliphatic hydroxyl groups excluding tert-OH is 1. The van der Waals surface area contributed by atoms with Gasteiger partial charge in [-0.3, -0.25) is 9.48 Å². The molecule has 0 fully saturated rings. The molecular weight excluding hydrogens is 226 g/mol. The number of aryl methyl sites for hydroxylation is 2. The van der Waals surface area contributed by atoms with Crippen molar-refractivity contribution >= 4 is 11.9 Å². The first kappa shape index (κ1) is 13.2. The Balaban J connectivity index is 2.61. The van der Waals surface area contributed by atoms with E-state index in [1.807, 2.05) is 6.07 Å². The molecule has 0 aliphatic carbocycles. The van der Waals surface area contributed by atoms with Gasteiger partial charge in [-0.15, -0.1) is 0 Å². The molecule has 1 heterocycles. The number of amides is 1. The van der Waals surface area contributed by atoms with Crippen molar-refractivity contribution in [2.45, 2.75) is 26.4 Å². The summed E-state index contributed by atoms with van der Waals surface area (Å²) in [7, 11) is 0. The number of rotatable bonds is 5. The fourth-order valence-corrected chi connectivity index (χ4v) is 1.40. The van der Waals surface area contributed by atoms with Crippen molar-refractivity contribution in [1.29, 1.82) is 0 Å². The SMILES string of the molecule is Cc1cc(C)n(CC(=O)NC(CO)C(=O)O)n1. The van der Waals surface area contributed by atoms with Crippen molar-refractivity contribution in [1.82, 2.24) is 15.1 Å². The minimum atomic E-state index is -1.28. The van der Waals surface area contributed by atoms with Crippen molar-refractivity contribution in [3.05, 3.63) is 17.5 Å². The van der Waals surface area contributed by atoms with E-state index in [0.29, 0.717) is 0 Å². The normalized spacial score (nSPS) is 12.2. The fourth-order valence-electron chi connectivity index (χ4n) is 1.40. The van der Waals surface area contributed by atoms with Crippen LogP contribution in [0.3, 0.4) is 0 Å². The Morgan fingerprint density at radius 2 is 2.18 bits per heavy atom. The number of nitrogens with one attached hydrogen (secondary N) is 1. The number of carboxylic acid groups (broad SMARTS) is 1. The topological polar surface area (TPSA) is 104 Å². The maximum Gasteiger partial charge on any atom is 0.328 e. The van der Waals surface area contributed by atoms with E-state index in [0.717, 1.165) is 11.4 Å². The molecule has 7 heteroatoms. The van der Waals surface area contributed by atoms with Crippen LogP contribution in [0.5, 0.6) is 0 Å². The number of aromatic nitrogens is 2. The van der Waals surface area contributed by atoms with Crippen LogP contribution in [0.15, 0.2) is 6.07 Å². The highest BCUT2D eigenvalue weighted by molar-refractivity contribution is 5.83. The second-order valence-corrected chi connectivity index (χ2v) is 3.73. The fraction of sp³-hybridized carbons (Fsp3) is 0.500. The summed E-state index contributed by atoms with van der Waals surface area (Å²) in [5.41, 5.74) is 1.60. The van der Waals surface area contributed by atoms with Crippen molar-refractivity contribution in [3.63, 3.8) is 0 Å². The summed E-state index contributed by atoms with van der Waals surface area (Å²) in [6.45, 7) is 2.89. The molecule has 0 radical (unpaired) electrons. The van der Waals surface area contributed by atoms with E-state index in [4.69, 9.17) is 10.2 Å². The Morgan fingerprint density at radius 1 is 1.53 bits per heavy atom. The van der Waals surface area contributed by atoms with Gasteiger partial charge in [0.15, 0.2) is 0 Å². The van der Waals surface area contributed by atoms with Crippen molar-refractivity contribution < 1.29 is 19.8 Å². The molecule has 0 aromatic carbocycles. The largest absolute Gasteiger partial charge is 0.480 e. The predicted molar refractivity (Wildman–Crippen MR) is 58.4 cm³/mol. The van der Waals surface area contributed by atoms with E-state index in [2.05, 4.69) is 10.4 Å². The summed E-state index contributed by atoms with van der Waals surface area (Å²) < 4.78 is 1.47. The lowest BCUT2D eigenvalue weighted by atomic mass is 10.3. The second-order valence-electron chi connectivity index (χ2n) is 3.73. The summed E-state index contributed by atoms with van der Waals surface area (Å²) in [5, 5.41) is 23.7. The Kier molecular flexibility index (Phi) is 4.22. The van der Waals surface area contributed by atoms with Gasteiger partial charge in [0.2, 0.25) is 5.91 Å². The Bertz CT molecular complexity index is 427. The molecule has 1 rings (SSSR count). The number of aliphatic hydroxyl groups is 1. The van der Waals surface area contributed by atoms with Gasteiger partial charge >= 0.3 is 5.97 Å². The molecule has 1 amide bonds. The summed E-state index contributed by atoms with van der Waals surface area (Å²) in [6.07, 6.45) is 0. The maximum absolute atomic E-state index is 11.5. The van der Waals surface area contributed by atoms with Crippen LogP contribution in [0.25, 0.3) is 0 Å². The van der Waals surface area contributed by atoms with Crippen LogP contribution in [-0.2, 0) is 16.1 Å². The number of carbonyl (C=O) groups is 2. The number of carboxylic acids is 1. The van der Waals surface area contributed by atoms with Gasteiger partial charge in [0.1, 0.15) is 12.6 Å². The van der Waals surface area contributed by atoms with Crippen molar-refractivity contribution in [2.75, 3.05) is 6.61 Å². The van der Waals surface area contributed by atoms with Gasteiger partial charge in [0.05, 0.1) is 12.3 Å². The first-order chi connectivity index (χ1) is 7.93. The predicted octanol–water partition coefficient (Wildman–Crippen LogP) is -0.938. The zero-order chi connectivity index (χ0) is 13.0. The molecule has 3 N–H and O–H groups in total. The number of nitrogens with zero attached hydrogens (tertiary/aromatic N) is 2. The molecule has 0 bridgehead atoms. The quantitative estimate of drug-likeness (QED) is 0.617. The van der Waals surface area contributed by atoms with E-state index in [1.165, 1.54) is 4.68 Å². The molecule has 1 atom stereocenters. The van der Waals surface area contributed by atoms with E-state index >= 15 is 0 Å².